The van der Waals surface area contributed by atoms with Crippen LogP contribution in [0.5, 0.6) is 0 Å². The molecule has 0 bridgehead atoms. The molecule has 0 radical (unpaired) electrons. The number of Topliss-reactive ketones (excluding diaryl/α,β-unsaturated/α-hetero) is 2. The van der Waals surface area contributed by atoms with Crippen molar-refractivity contribution >= 4 is 46.7 Å². The van der Waals surface area contributed by atoms with Crippen molar-refractivity contribution in [2.45, 2.75) is 85.0 Å². The summed E-state index contributed by atoms with van der Waals surface area (Å²) >= 11 is 1.34. The molecule has 2 heterocycles. The smallest absolute Gasteiger partial charge is 0.315 e. The van der Waals surface area contributed by atoms with Crippen LogP contribution in [0.15, 0.2) is 17.5 Å². The molecule has 0 aliphatic carbocycles. The fraction of sp³-hybridized carbons (Fsp3) is 0.615. The molecule has 1 aromatic rings. The van der Waals surface area contributed by atoms with E-state index in [1.807, 2.05) is 19.2 Å². The van der Waals surface area contributed by atoms with Gasteiger partial charge < -0.3 is 26.6 Å². The topological polar surface area (TPSA) is 168 Å². The highest BCUT2D eigenvalue weighted by Crippen LogP contribution is 2.26. The number of primary amides is 1. The zero-order chi connectivity index (χ0) is 28.8. The summed E-state index contributed by atoms with van der Waals surface area (Å²) < 4.78 is 0. The van der Waals surface area contributed by atoms with Gasteiger partial charge in [-0.1, -0.05) is 40.7 Å². The van der Waals surface area contributed by atoms with Gasteiger partial charge in [-0.05, 0) is 42.5 Å². The Morgan fingerprint density at radius 2 is 1.74 bits per heavy atom. The molecule has 0 aromatic carbocycles. The standard InChI is InChI=1S/C26H39N5O6S/c1-14(2)16(13-18(32)19-10-8-12-38-19)29-25(37)30-21(26(4,5)6)24(36)31-11-7-9-17(31)23(35)28-15(3)20(33)22(27)34/h8,10,12,14-17,21H,7,9,11,13H2,1-6H3,(H2,27,34)(H,28,35)(H2,29,30,37)/t15?,16?,17-,21?/m0/s1. The molecule has 12 heteroatoms. The Hall–Kier alpha value is -3.28. The summed E-state index contributed by atoms with van der Waals surface area (Å²) in [6.07, 6.45) is 1.06. The first-order valence-electron chi connectivity index (χ1n) is 12.7. The Balaban J connectivity index is 2.12. The average Bonchev–Trinajstić information content (AvgIpc) is 3.52. The zero-order valence-corrected chi connectivity index (χ0v) is 23.6. The molecular formula is C26H39N5O6S. The minimum atomic E-state index is -1.16. The summed E-state index contributed by atoms with van der Waals surface area (Å²) in [5.74, 6) is -3.20. The van der Waals surface area contributed by atoms with Gasteiger partial charge in [0.25, 0.3) is 5.91 Å². The molecule has 1 saturated heterocycles. The molecule has 1 aromatic heterocycles. The Morgan fingerprint density at radius 3 is 2.26 bits per heavy atom. The van der Waals surface area contributed by atoms with E-state index in [-0.39, 0.29) is 18.1 Å². The van der Waals surface area contributed by atoms with Crippen LogP contribution in [0.25, 0.3) is 0 Å². The van der Waals surface area contributed by atoms with Gasteiger partial charge in [0.15, 0.2) is 5.78 Å². The number of hydrogen-bond acceptors (Lipinski definition) is 7. The van der Waals surface area contributed by atoms with Crippen LogP contribution in [0.2, 0.25) is 0 Å². The van der Waals surface area contributed by atoms with E-state index < -0.39 is 59.1 Å². The number of carbonyl (C=O) groups excluding carboxylic acids is 6. The van der Waals surface area contributed by atoms with Crippen molar-refractivity contribution in [1.29, 1.82) is 0 Å². The SMILES string of the molecule is CC(NC(=O)[C@@H]1CCCN1C(=O)C(NC(=O)NC(CC(=O)c1cccs1)C(C)C)C(C)(C)C)C(=O)C(N)=O. The average molecular weight is 550 g/mol. The number of ketones is 2. The summed E-state index contributed by atoms with van der Waals surface area (Å²) in [5.41, 5.74) is 4.31. The van der Waals surface area contributed by atoms with E-state index >= 15 is 0 Å². The van der Waals surface area contributed by atoms with Gasteiger partial charge in [-0.25, -0.2) is 4.79 Å². The summed E-state index contributed by atoms with van der Waals surface area (Å²) in [4.78, 5) is 77.1. The van der Waals surface area contributed by atoms with Crippen LogP contribution in [0.1, 0.15) is 70.5 Å². The van der Waals surface area contributed by atoms with Crippen LogP contribution in [-0.2, 0) is 19.2 Å². The molecule has 11 nitrogen and oxygen atoms in total. The molecule has 4 atom stereocenters. The Kier molecular flexibility index (Phi) is 10.6. The van der Waals surface area contributed by atoms with E-state index in [1.54, 1.807) is 32.9 Å². The number of carbonyl (C=O) groups is 6. The van der Waals surface area contributed by atoms with Gasteiger partial charge in [0.05, 0.1) is 10.9 Å². The second kappa shape index (κ2) is 13.0. The van der Waals surface area contributed by atoms with Crippen molar-refractivity contribution in [2.75, 3.05) is 6.54 Å². The van der Waals surface area contributed by atoms with Crippen LogP contribution in [0.4, 0.5) is 4.79 Å². The second-order valence-electron chi connectivity index (χ2n) is 11.0. The Morgan fingerprint density at radius 1 is 1.08 bits per heavy atom. The predicted octanol–water partition coefficient (Wildman–Crippen LogP) is 1.61. The molecule has 1 aliphatic rings. The maximum atomic E-state index is 13.6. The molecule has 5 amide bonds. The van der Waals surface area contributed by atoms with Gasteiger partial charge in [0.1, 0.15) is 12.1 Å². The quantitative estimate of drug-likeness (QED) is 0.242. The number of nitrogens with zero attached hydrogens (tertiary/aromatic N) is 1. The van der Waals surface area contributed by atoms with Gasteiger partial charge in [-0.15, -0.1) is 11.3 Å². The Bertz CT molecular complexity index is 1050. The molecule has 0 spiro atoms. The van der Waals surface area contributed by atoms with Crippen molar-refractivity contribution in [1.82, 2.24) is 20.9 Å². The minimum Gasteiger partial charge on any atom is -0.363 e. The van der Waals surface area contributed by atoms with E-state index in [1.165, 1.54) is 23.2 Å². The fourth-order valence-corrected chi connectivity index (χ4v) is 4.91. The summed E-state index contributed by atoms with van der Waals surface area (Å²) in [6, 6.07) is -0.444. The van der Waals surface area contributed by atoms with Gasteiger partial charge >= 0.3 is 6.03 Å². The van der Waals surface area contributed by atoms with Gasteiger partial charge in [-0.2, -0.15) is 0 Å². The van der Waals surface area contributed by atoms with Gasteiger partial charge in [0.2, 0.25) is 17.6 Å². The largest absolute Gasteiger partial charge is 0.363 e. The highest BCUT2D eigenvalue weighted by Gasteiger charge is 2.42. The maximum absolute atomic E-state index is 13.6. The number of likely N-dealkylation sites (tertiary alicyclic amines) is 1. The van der Waals surface area contributed by atoms with Crippen molar-refractivity contribution in [3.05, 3.63) is 22.4 Å². The van der Waals surface area contributed by atoms with Crippen LogP contribution in [0.3, 0.4) is 0 Å². The fourth-order valence-electron chi connectivity index (χ4n) is 4.24. The van der Waals surface area contributed by atoms with Crippen molar-refractivity contribution in [2.24, 2.45) is 17.1 Å². The molecule has 5 N–H and O–H groups in total. The summed E-state index contributed by atoms with van der Waals surface area (Å²) in [7, 11) is 0. The third kappa shape index (κ3) is 8.11. The third-order valence-electron chi connectivity index (χ3n) is 6.54. The summed E-state index contributed by atoms with van der Waals surface area (Å²) in [5, 5.41) is 9.89. The first-order chi connectivity index (χ1) is 17.6. The van der Waals surface area contributed by atoms with Crippen molar-refractivity contribution in [3.8, 4) is 0 Å². The normalized spacial score (nSPS) is 17.9. The van der Waals surface area contributed by atoms with E-state index in [0.717, 1.165) is 0 Å². The molecule has 3 unspecified atom stereocenters. The van der Waals surface area contributed by atoms with E-state index in [2.05, 4.69) is 16.0 Å². The molecule has 2 rings (SSSR count). The van der Waals surface area contributed by atoms with E-state index in [9.17, 15) is 28.8 Å². The van der Waals surface area contributed by atoms with Crippen LogP contribution < -0.4 is 21.7 Å². The lowest BCUT2D eigenvalue weighted by Crippen LogP contribution is -2.60. The molecule has 1 aliphatic heterocycles. The zero-order valence-electron chi connectivity index (χ0n) is 22.8. The lowest BCUT2D eigenvalue weighted by atomic mass is 9.85. The first kappa shape index (κ1) is 30.9. The molecule has 1 fully saturated rings. The van der Waals surface area contributed by atoms with E-state index in [0.29, 0.717) is 24.3 Å². The lowest BCUT2D eigenvalue weighted by Gasteiger charge is -2.36. The number of amides is 5. The molecule has 210 valence electrons. The highest BCUT2D eigenvalue weighted by atomic mass is 32.1. The molecule has 38 heavy (non-hydrogen) atoms. The van der Waals surface area contributed by atoms with Crippen molar-refractivity contribution in [3.63, 3.8) is 0 Å². The Labute approximate surface area is 227 Å². The summed E-state index contributed by atoms with van der Waals surface area (Å²) in [6.45, 7) is 10.9. The van der Waals surface area contributed by atoms with Crippen LogP contribution in [0, 0.1) is 11.3 Å². The number of hydrogen-bond donors (Lipinski definition) is 4. The maximum Gasteiger partial charge on any atom is 0.315 e. The molecule has 0 saturated carbocycles. The number of rotatable bonds is 11. The minimum absolute atomic E-state index is 0.0368. The number of nitrogens with two attached hydrogens (primary N) is 1. The van der Waals surface area contributed by atoms with Gasteiger partial charge in [0, 0.05) is 19.0 Å². The highest BCUT2D eigenvalue weighted by molar-refractivity contribution is 7.12. The second-order valence-corrected chi connectivity index (χ2v) is 12.0. The predicted molar refractivity (Wildman–Crippen MR) is 143 cm³/mol. The molecular weight excluding hydrogens is 510 g/mol. The van der Waals surface area contributed by atoms with Crippen molar-refractivity contribution < 1.29 is 28.8 Å². The number of thiophene rings is 1. The van der Waals surface area contributed by atoms with Crippen LogP contribution in [-0.4, -0.2) is 70.9 Å². The third-order valence-corrected chi connectivity index (χ3v) is 7.46. The first-order valence-corrected chi connectivity index (χ1v) is 13.6. The number of urea groups is 1. The van der Waals surface area contributed by atoms with Crippen LogP contribution >= 0.6 is 11.3 Å². The van der Waals surface area contributed by atoms with E-state index in [4.69, 9.17) is 5.73 Å². The lowest BCUT2D eigenvalue weighted by molar-refractivity contribution is -0.143. The number of nitrogens with one attached hydrogen (secondary N) is 3. The monoisotopic (exact) mass is 549 g/mol. The van der Waals surface area contributed by atoms with Gasteiger partial charge in [-0.3, -0.25) is 24.0 Å².